The number of amides is 2. The fourth-order valence-electron chi connectivity index (χ4n) is 2.34. The maximum absolute atomic E-state index is 12.4. The van der Waals surface area contributed by atoms with Crippen LogP contribution < -0.4 is 14.4 Å². The van der Waals surface area contributed by atoms with Crippen molar-refractivity contribution >= 4 is 27.5 Å². The smallest absolute Gasteiger partial charge is 0.244 e. The molecule has 2 amide bonds. The zero-order valence-electron chi connectivity index (χ0n) is 13.2. The first-order valence-corrected chi connectivity index (χ1v) is 8.92. The number of carbonyl (C=O) groups excluding carboxylic acids is 2. The lowest BCUT2D eigenvalue weighted by molar-refractivity contribution is -0.121. The number of unbranched alkanes of at least 4 members (excludes halogenated alkanes) is 1. The van der Waals surface area contributed by atoms with E-state index >= 15 is 0 Å². The van der Waals surface area contributed by atoms with Crippen molar-refractivity contribution in [3.05, 3.63) is 18.2 Å². The maximum Gasteiger partial charge on any atom is 0.244 e. The molecule has 1 saturated heterocycles. The molecule has 8 heteroatoms. The minimum Gasteiger partial charge on any atom is -0.495 e. The standard InChI is InChI=1S/C15H20N2O5S/c1-3-4-9-16-23(20,21)13-10-11(5-6-12(13)22-2)17-14(18)7-8-15(17)19/h5-6,10,16H,3-4,7-9H2,1-2H3. The van der Waals surface area contributed by atoms with E-state index in [0.29, 0.717) is 13.0 Å². The molecule has 0 aliphatic carbocycles. The molecule has 0 aromatic heterocycles. The van der Waals surface area contributed by atoms with Gasteiger partial charge in [-0.25, -0.2) is 13.1 Å². The van der Waals surface area contributed by atoms with E-state index in [2.05, 4.69) is 4.72 Å². The topological polar surface area (TPSA) is 92.8 Å². The number of benzene rings is 1. The van der Waals surface area contributed by atoms with Crippen molar-refractivity contribution in [1.29, 1.82) is 0 Å². The van der Waals surface area contributed by atoms with E-state index in [1.54, 1.807) is 0 Å². The van der Waals surface area contributed by atoms with Gasteiger partial charge in [-0.2, -0.15) is 0 Å². The Hall–Kier alpha value is -1.93. The summed E-state index contributed by atoms with van der Waals surface area (Å²) in [6.07, 6.45) is 1.85. The van der Waals surface area contributed by atoms with E-state index < -0.39 is 10.0 Å². The molecular formula is C15H20N2O5S. The number of imide groups is 1. The Morgan fingerprint density at radius 3 is 2.43 bits per heavy atom. The van der Waals surface area contributed by atoms with Gasteiger partial charge in [-0.1, -0.05) is 13.3 Å². The summed E-state index contributed by atoms with van der Waals surface area (Å²) < 4.78 is 32.5. The van der Waals surface area contributed by atoms with Crippen molar-refractivity contribution in [2.24, 2.45) is 0 Å². The van der Waals surface area contributed by atoms with Crippen LogP contribution >= 0.6 is 0 Å². The van der Waals surface area contributed by atoms with Crippen LogP contribution in [0.1, 0.15) is 32.6 Å². The highest BCUT2D eigenvalue weighted by atomic mass is 32.2. The number of nitrogens with zero attached hydrogens (tertiary/aromatic N) is 1. The molecule has 0 atom stereocenters. The lowest BCUT2D eigenvalue weighted by atomic mass is 10.2. The minimum absolute atomic E-state index is 0.0823. The summed E-state index contributed by atoms with van der Waals surface area (Å²) in [5, 5.41) is 0. The summed E-state index contributed by atoms with van der Waals surface area (Å²) in [6.45, 7) is 2.27. The molecule has 126 valence electrons. The van der Waals surface area contributed by atoms with E-state index in [-0.39, 0.29) is 41.0 Å². The van der Waals surface area contributed by atoms with E-state index in [9.17, 15) is 18.0 Å². The van der Waals surface area contributed by atoms with Gasteiger partial charge in [-0.05, 0) is 24.6 Å². The van der Waals surface area contributed by atoms with Gasteiger partial charge in [0.1, 0.15) is 10.6 Å². The Bertz CT molecular complexity index is 699. The highest BCUT2D eigenvalue weighted by Crippen LogP contribution is 2.31. The zero-order valence-corrected chi connectivity index (χ0v) is 14.0. The summed E-state index contributed by atoms with van der Waals surface area (Å²) in [6, 6.07) is 4.25. The SMILES string of the molecule is CCCCNS(=O)(=O)c1cc(N2C(=O)CCC2=O)ccc1OC. The first-order chi connectivity index (χ1) is 10.9. The van der Waals surface area contributed by atoms with E-state index in [1.807, 2.05) is 6.92 Å². The third-order valence-electron chi connectivity index (χ3n) is 3.57. The molecule has 23 heavy (non-hydrogen) atoms. The van der Waals surface area contributed by atoms with Gasteiger partial charge in [0.15, 0.2) is 0 Å². The predicted molar refractivity (Wildman–Crippen MR) is 84.8 cm³/mol. The van der Waals surface area contributed by atoms with Gasteiger partial charge in [-0.3, -0.25) is 14.5 Å². The van der Waals surface area contributed by atoms with Crippen LogP contribution in [0.2, 0.25) is 0 Å². The Morgan fingerprint density at radius 2 is 1.87 bits per heavy atom. The van der Waals surface area contributed by atoms with E-state index in [4.69, 9.17) is 4.74 Å². The first-order valence-electron chi connectivity index (χ1n) is 7.44. The van der Waals surface area contributed by atoms with Gasteiger partial charge in [0, 0.05) is 19.4 Å². The molecule has 1 fully saturated rings. The number of methoxy groups -OCH3 is 1. The Morgan fingerprint density at radius 1 is 1.22 bits per heavy atom. The molecule has 0 radical (unpaired) electrons. The van der Waals surface area contributed by atoms with Crippen molar-refractivity contribution < 1.29 is 22.7 Å². The predicted octanol–water partition coefficient (Wildman–Crippen LogP) is 1.43. The second kappa shape index (κ2) is 7.10. The lowest BCUT2D eigenvalue weighted by Gasteiger charge is -2.17. The molecule has 1 N–H and O–H groups in total. The summed E-state index contributed by atoms with van der Waals surface area (Å²) >= 11 is 0. The van der Waals surface area contributed by atoms with Gasteiger partial charge in [0.05, 0.1) is 12.8 Å². The Balaban J connectivity index is 2.40. The number of carbonyl (C=O) groups is 2. The fraction of sp³-hybridized carbons (Fsp3) is 0.467. The summed E-state index contributed by atoms with van der Waals surface area (Å²) in [7, 11) is -2.42. The van der Waals surface area contributed by atoms with Crippen molar-refractivity contribution in [2.75, 3.05) is 18.6 Å². The molecular weight excluding hydrogens is 320 g/mol. The van der Waals surface area contributed by atoms with Crippen LogP contribution in [0.3, 0.4) is 0 Å². The molecule has 1 aliphatic rings. The minimum atomic E-state index is -3.79. The van der Waals surface area contributed by atoms with Gasteiger partial charge >= 0.3 is 0 Å². The third kappa shape index (κ3) is 3.70. The van der Waals surface area contributed by atoms with Crippen LogP contribution in [0.5, 0.6) is 5.75 Å². The number of hydrogen-bond donors (Lipinski definition) is 1. The maximum atomic E-state index is 12.4. The van der Waals surface area contributed by atoms with Gasteiger partial charge in [-0.15, -0.1) is 0 Å². The summed E-state index contributed by atoms with van der Waals surface area (Å²) in [5.41, 5.74) is 0.245. The number of hydrogen-bond acceptors (Lipinski definition) is 5. The normalized spacial score (nSPS) is 15.3. The average Bonchev–Trinajstić information content (AvgIpc) is 2.86. The molecule has 0 unspecified atom stereocenters. The van der Waals surface area contributed by atoms with Gasteiger partial charge < -0.3 is 4.74 Å². The second-order valence-corrected chi connectivity index (χ2v) is 6.94. The van der Waals surface area contributed by atoms with Gasteiger partial charge in [0.2, 0.25) is 21.8 Å². The van der Waals surface area contributed by atoms with Crippen molar-refractivity contribution in [1.82, 2.24) is 4.72 Å². The van der Waals surface area contributed by atoms with Crippen LogP contribution in [-0.4, -0.2) is 33.9 Å². The average molecular weight is 340 g/mol. The number of anilines is 1. The van der Waals surface area contributed by atoms with Crippen molar-refractivity contribution in [3.63, 3.8) is 0 Å². The number of nitrogens with one attached hydrogen (secondary N) is 1. The molecule has 0 bridgehead atoms. The summed E-state index contributed by atoms with van der Waals surface area (Å²) in [4.78, 5) is 24.6. The fourth-order valence-corrected chi connectivity index (χ4v) is 3.60. The largest absolute Gasteiger partial charge is 0.495 e. The van der Waals surface area contributed by atoms with Crippen molar-refractivity contribution in [3.8, 4) is 5.75 Å². The molecule has 1 aromatic rings. The van der Waals surface area contributed by atoms with Crippen LogP contribution in [0, 0.1) is 0 Å². The van der Waals surface area contributed by atoms with Crippen molar-refractivity contribution in [2.45, 2.75) is 37.5 Å². The monoisotopic (exact) mass is 340 g/mol. The number of sulfonamides is 1. The van der Waals surface area contributed by atoms with Crippen LogP contribution in [0.25, 0.3) is 0 Å². The highest BCUT2D eigenvalue weighted by Gasteiger charge is 2.31. The molecule has 7 nitrogen and oxygen atoms in total. The molecule has 1 aromatic carbocycles. The molecule has 0 saturated carbocycles. The quantitative estimate of drug-likeness (QED) is 0.599. The molecule has 1 aliphatic heterocycles. The summed E-state index contributed by atoms with van der Waals surface area (Å²) in [5.74, 6) is -0.498. The van der Waals surface area contributed by atoms with Crippen LogP contribution in [-0.2, 0) is 19.6 Å². The molecule has 2 rings (SSSR count). The highest BCUT2D eigenvalue weighted by molar-refractivity contribution is 7.89. The van der Waals surface area contributed by atoms with Crippen LogP contribution in [0.15, 0.2) is 23.1 Å². The third-order valence-corrected chi connectivity index (χ3v) is 5.05. The number of ether oxygens (including phenoxy) is 1. The Labute approximate surface area is 135 Å². The number of rotatable bonds is 7. The van der Waals surface area contributed by atoms with E-state index in [1.165, 1.54) is 25.3 Å². The second-order valence-electron chi connectivity index (χ2n) is 5.21. The lowest BCUT2D eigenvalue weighted by Crippen LogP contribution is -2.29. The molecule has 1 heterocycles. The van der Waals surface area contributed by atoms with Crippen LogP contribution in [0.4, 0.5) is 5.69 Å². The zero-order chi connectivity index (χ0) is 17.0. The first kappa shape index (κ1) is 17.4. The Kier molecular flexibility index (Phi) is 5.38. The van der Waals surface area contributed by atoms with E-state index in [0.717, 1.165) is 11.3 Å². The molecule has 0 spiro atoms. The van der Waals surface area contributed by atoms with Gasteiger partial charge in [0.25, 0.3) is 0 Å².